The number of rotatable bonds is 13. The summed E-state index contributed by atoms with van der Waals surface area (Å²) in [5, 5.41) is 2.75. The maximum absolute atomic E-state index is 13.4. The van der Waals surface area contributed by atoms with Crippen molar-refractivity contribution in [3.05, 3.63) is 95.6 Å². The first kappa shape index (κ1) is 34.3. The fourth-order valence-corrected chi connectivity index (χ4v) is 5.33. The highest BCUT2D eigenvalue weighted by atomic mass is 28.3. The third-order valence-corrected chi connectivity index (χ3v) is 9.87. The van der Waals surface area contributed by atoms with Crippen molar-refractivity contribution in [3.63, 3.8) is 0 Å². The van der Waals surface area contributed by atoms with Gasteiger partial charge >= 0.3 is 19.2 Å². The summed E-state index contributed by atoms with van der Waals surface area (Å²) in [4.78, 5) is 26.3. The van der Waals surface area contributed by atoms with E-state index in [2.05, 4.69) is 25.0 Å². The van der Waals surface area contributed by atoms with Crippen molar-refractivity contribution in [2.45, 2.75) is 90.3 Å². The Hall–Kier alpha value is -3.60. The topological polar surface area (TPSA) is 92.3 Å². The number of nitrogens with one attached hydrogen (secondary N) is 1. The molecule has 0 bridgehead atoms. The fraction of sp³-hybridized carbons (Fsp3) is 0.429. The van der Waals surface area contributed by atoms with Crippen LogP contribution in [0, 0.1) is 0 Å². The van der Waals surface area contributed by atoms with Gasteiger partial charge in [0.2, 0.25) is 0 Å². The molecule has 1 aliphatic heterocycles. The van der Waals surface area contributed by atoms with Crippen molar-refractivity contribution in [1.29, 1.82) is 0 Å². The third-order valence-electron chi connectivity index (χ3n) is 8.16. The number of hydrogen-bond donors (Lipinski definition) is 1. The molecule has 0 aliphatic carbocycles. The van der Waals surface area contributed by atoms with Gasteiger partial charge in [0.05, 0.1) is 17.8 Å². The first-order chi connectivity index (χ1) is 21.2. The van der Waals surface area contributed by atoms with Crippen LogP contribution >= 0.6 is 0 Å². The summed E-state index contributed by atoms with van der Waals surface area (Å²) >= 11 is 0. The molecule has 1 heterocycles. The molecule has 3 aromatic carbocycles. The summed E-state index contributed by atoms with van der Waals surface area (Å²) in [6.07, 6.45) is -0.563. The summed E-state index contributed by atoms with van der Waals surface area (Å²) in [5.41, 5.74) is 2.35. The Labute approximate surface area is 268 Å². The molecule has 240 valence electrons. The smallest absolute Gasteiger partial charge is 0.489 e. The van der Waals surface area contributed by atoms with Gasteiger partial charge in [-0.3, -0.25) is 0 Å². The molecule has 8 nitrogen and oxygen atoms in total. The molecule has 45 heavy (non-hydrogen) atoms. The van der Waals surface area contributed by atoms with E-state index < -0.39 is 44.5 Å². The minimum absolute atomic E-state index is 0.0816. The maximum atomic E-state index is 13.4. The molecule has 0 radical (unpaired) electrons. The number of ether oxygens (including phenoxy) is 3. The standard InChI is InChI=1S/C35H46BNO7Si/c1-34(2)35(3,4)44-36(43-34)29-19-18-28(31(23-29)41-24-26-14-10-8-11-15-26)22-30(32(38)40-20-21-45(5,6)7)37-33(39)42-25-27-16-12-9-13-17-27/h8-19,23,30H,20-22,24-25H2,1-7H3,(H,37,39)/t30-/m0/s1. The molecule has 10 heteroatoms. The minimum atomic E-state index is -1.44. The van der Waals surface area contributed by atoms with E-state index in [4.69, 9.17) is 23.5 Å². The maximum Gasteiger partial charge on any atom is 0.494 e. The number of carbonyl (C=O) groups is 2. The lowest BCUT2D eigenvalue weighted by Gasteiger charge is -2.32. The summed E-state index contributed by atoms with van der Waals surface area (Å²) in [7, 11) is -2.03. The second kappa shape index (κ2) is 14.7. The Kier molecular flexibility index (Phi) is 11.2. The van der Waals surface area contributed by atoms with E-state index in [9.17, 15) is 9.59 Å². The van der Waals surface area contributed by atoms with Crippen molar-refractivity contribution in [2.24, 2.45) is 0 Å². The molecule has 0 unspecified atom stereocenters. The average molecular weight is 632 g/mol. The van der Waals surface area contributed by atoms with Gasteiger partial charge in [-0.15, -0.1) is 0 Å². The van der Waals surface area contributed by atoms with Gasteiger partial charge < -0.3 is 28.8 Å². The zero-order valence-corrected chi connectivity index (χ0v) is 28.6. The van der Waals surface area contributed by atoms with Crippen LogP contribution in [0.1, 0.15) is 44.4 Å². The molecule has 1 amide bonds. The summed E-state index contributed by atoms with van der Waals surface area (Å²) < 4.78 is 30.1. The molecule has 0 spiro atoms. The lowest BCUT2D eigenvalue weighted by Crippen LogP contribution is -2.44. The van der Waals surface area contributed by atoms with Crippen LogP contribution in [0.15, 0.2) is 78.9 Å². The van der Waals surface area contributed by atoms with Gasteiger partial charge in [0.25, 0.3) is 0 Å². The molecule has 1 N–H and O–H groups in total. The second-order valence-electron chi connectivity index (χ2n) is 13.7. The van der Waals surface area contributed by atoms with Crippen LogP contribution in [-0.2, 0) is 43.2 Å². The highest BCUT2D eigenvalue weighted by Gasteiger charge is 2.51. The number of carbonyl (C=O) groups excluding carboxylic acids is 2. The predicted octanol–water partition coefficient (Wildman–Crippen LogP) is 6.28. The van der Waals surface area contributed by atoms with Crippen LogP contribution in [-0.4, -0.2) is 51.1 Å². The molecule has 0 saturated carbocycles. The fourth-order valence-electron chi connectivity index (χ4n) is 4.61. The molecule has 4 rings (SSSR count). The average Bonchev–Trinajstić information content (AvgIpc) is 3.21. The van der Waals surface area contributed by atoms with Crippen LogP contribution in [0.5, 0.6) is 5.75 Å². The first-order valence-corrected chi connectivity index (χ1v) is 19.2. The molecule has 3 aromatic rings. The summed E-state index contributed by atoms with van der Waals surface area (Å²) in [5.74, 6) is 0.0411. The molecule has 1 atom stereocenters. The van der Waals surface area contributed by atoms with Crippen LogP contribution in [0.3, 0.4) is 0 Å². The number of benzene rings is 3. The van der Waals surface area contributed by atoms with E-state index in [0.29, 0.717) is 19.0 Å². The lowest BCUT2D eigenvalue weighted by molar-refractivity contribution is -0.145. The van der Waals surface area contributed by atoms with E-state index in [1.807, 2.05) is 107 Å². The second-order valence-corrected chi connectivity index (χ2v) is 19.3. The molecule has 0 aromatic heterocycles. The van der Waals surface area contributed by atoms with Gasteiger partial charge in [-0.1, -0.05) is 92.4 Å². The molecular weight excluding hydrogens is 585 g/mol. The van der Waals surface area contributed by atoms with E-state index in [0.717, 1.165) is 28.2 Å². The Morgan fingerprint density at radius 2 is 1.40 bits per heavy atom. The van der Waals surface area contributed by atoms with Gasteiger partial charge in [-0.25, -0.2) is 9.59 Å². The van der Waals surface area contributed by atoms with E-state index in [1.54, 1.807) is 0 Å². The van der Waals surface area contributed by atoms with Crippen molar-refractivity contribution in [2.75, 3.05) is 6.61 Å². The van der Waals surface area contributed by atoms with Crippen LogP contribution in [0.25, 0.3) is 0 Å². The molecule has 1 saturated heterocycles. The molecule has 1 fully saturated rings. The van der Waals surface area contributed by atoms with E-state index in [-0.39, 0.29) is 13.0 Å². The Balaban J connectivity index is 1.57. The van der Waals surface area contributed by atoms with Gasteiger partial charge in [-0.2, -0.15) is 0 Å². The van der Waals surface area contributed by atoms with Gasteiger partial charge in [0.15, 0.2) is 0 Å². The lowest BCUT2D eigenvalue weighted by atomic mass is 9.78. The number of alkyl carbamates (subject to hydrolysis) is 1. The van der Waals surface area contributed by atoms with E-state index in [1.165, 1.54) is 0 Å². The van der Waals surface area contributed by atoms with Crippen molar-refractivity contribution in [1.82, 2.24) is 5.32 Å². The minimum Gasteiger partial charge on any atom is -0.489 e. The normalized spacial score (nSPS) is 16.1. The zero-order valence-electron chi connectivity index (χ0n) is 27.6. The monoisotopic (exact) mass is 631 g/mol. The van der Waals surface area contributed by atoms with Gasteiger partial charge in [-0.05, 0) is 62.0 Å². The Bertz CT molecular complexity index is 1410. The Morgan fingerprint density at radius 3 is 1.98 bits per heavy atom. The molecular formula is C35H46BNO7Si. The van der Waals surface area contributed by atoms with E-state index >= 15 is 0 Å². The van der Waals surface area contributed by atoms with Gasteiger partial charge in [0, 0.05) is 14.5 Å². The van der Waals surface area contributed by atoms with Crippen LogP contribution < -0.4 is 15.5 Å². The summed E-state index contributed by atoms with van der Waals surface area (Å²) in [6, 6.07) is 24.7. The quantitative estimate of drug-likeness (QED) is 0.175. The SMILES string of the molecule is CC1(C)OB(c2ccc(C[C@H](NC(=O)OCc3ccccc3)C(=O)OCC[Si](C)(C)C)c(OCc3ccccc3)c2)OC1(C)C. The molecule has 1 aliphatic rings. The van der Waals surface area contributed by atoms with Crippen LogP contribution in [0.2, 0.25) is 25.7 Å². The number of amides is 1. The van der Waals surface area contributed by atoms with Crippen molar-refractivity contribution < 1.29 is 33.1 Å². The highest BCUT2D eigenvalue weighted by molar-refractivity contribution is 6.76. The predicted molar refractivity (Wildman–Crippen MR) is 179 cm³/mol. The summed E-state index contributed by atoms with van der Waals surface area (Å²) in [6.45, 7) is 15.4. The first-order valence-electron chi connectivity index (χ1n) is 15.5. The van der Waals surface area contributed by atoms with Gasteiger partial charge in [0.1, 0.15) is 25.0 Å². The van der Waals surface area contributed by atoms with Crippen molar-refractivity contribution in [3.8, 4) is 5.75 Å². The number of esters is 1. The highest BCUT2D eigenvalue weighted by Crippen LogP contribution is 2.37. The van der Waals surface area contributed by atoms with Crippen molar-refractivity contribution >= 4 is 32.7 Å². The zero-order chi connectivity index (χ0) is 32.7. The Morgan fingerprint density at radius 1 is 0.822 bits per heavy atom. The third kappa shape index (κ3) is 9.94. The van der Waals surface area contributed by atoms with Crippen LogP contribution in [0.4, 0.5) is 4.79 Å². The largest absolute Gasteiger partial charge is 0.494 e. The number of hydrogen-bond acceptors (Lipinski definition) is 7.